The number of nitrogens with zero attached hydrogens (tertiary/aromatic N) is 2. The minimum absolute atomic E-state index is 0.0559. The molecule has 2 fully saturated rings. The summed E-state index contributed by atoms with van der Waals surface area (Å²) < 4.78 is 33.5. The number of sulfonamides is 1. The van der Waals surface area contributed by atoms with Crippen LogP contribution in [-0.4, -0.2) is 74.6 Å². The summed E-state index contributed by atoms with van der Waals surface area (Å²) in [6, 6.07) is 7.87. The maximum Gasteiger partial charge on any atom is 0.218 e. The Hall–Kier alpha value is -0.600. The molecule has 0 radical (unpaired) electrons. The highest BCUT2D eigenvalue weighted by Gasteiger charge is 2.33. The Morgan fingerprint density at radius 1 is 1.24 bits per heavy atom. The molecule has 0 amide bonds. The molecule has 0 N–H and O–H groups in total. The van der Waals surface area contributed by atoms with Gasteiger partial charge in [-0.1, -0.05) is 29.8 Å². The number of morpholine rings is 1. The average molecular weight is 385 g/mol. The highest BCUT2D eigenvalue weighted by Crippen LogP contribution is 2.23. The van der Waals surface area contributed by atoms with Crippen molar-refractivity contribution in [3.63, 3.8) is 0 Å². The number of rotatable bonds is 5. The van der Waals surface area contributed by atoms with Crippen molar-refractivity contribution >= 4 is 21.8 Å². The summed E-state index contributed by atoms with van der Waals surface area (Å²) in [5, 5.41) is 0. The zero-order valence-corrected chi connectivity index (χ0v) is 16.5. The highest BCUT2D eigenvalue weighted by molar-refractivity contribution is 7.99. The van der Waals surface area contributed by atoms with Crippen LogP contribution in [0.3, 0.4) is 0 Å². The van der Waals surface area contributed by atoms with Gasteiger partial charge in [-0.05, 0) is 24.7 Å². The predicted octanol–water partition coefficient (Wildman–Crippen LogP) is 1.96. The second-order valence-corrected chi connectivity index (χ2v) is 9.92. The summed E-state index contributed by atoms with van der Waals surface area (Å²) in [6.07, 6.45) is 0.928. The van der Waals surface area contributed by atoms with E-state index in [1.165, 1.54) is 0 Å². The van der Waals surface area contributed by atoms with E-state index in [4.69, 9.17) is 4.74 Å². The van der Waals surface area contributed by atoms with Crippen molar-refractivity contribution in [1.29, 1.82) is 0 Å². The Kier molecular flexibility index (Phi) is 6.79. The normalized spacial score (nSPS) is 24.1. The van der Waals surface area contributed by atoms with Crippen LogP contribution in [0.5, 0.6) is 0 Å². The van der Waals surface area contributed by atoms with Gasteiger partial charge in [-0.15, -0.1) is 0 Å². The van der Waals surface area contributed by atoms with Crippen molar-refractivity contribution < 1.29 is 13.2 Å². The zero-order chi connectivity index (χ0) is 17.7. The van der Waals surface area contributed by atoms with Crippen LogP contribution in [0.1, 0.15) is 17.5 Å². The van der Waals surface area contributed by atoms with E-state index in [1.807, 2.05) is 43.0 Å². The fourth-order valence-corrected chi connectivity index (χ4v) is 6.42. The van der Waals surface area contributed by atoms with Crippen LogP contribution in [0, 0.1) is 6.92 Å². The van der Waals surface area contributed by atoms with Crippen LogP contribution in [0.2, 0.25) is 0 Å². The molecule has 0 bridgehead atoms. The second kappa shape index (κ2) is 8.86. The first kappa shape index (κ1) is 19.2. The van der Waals surface area contributed by atoms with Crippen LogP contribution in [0.4, 0.5) is 0 Å². The molecular formula is C18H28N2O3S2. The molecule has 0 spiro atoms. The first-order valence-electron chi connectivity index (χ1n) is 8.97. The highest BCUT2D eigenvalue weighted by atomic mass is 32.2. The zero-order valence-electron chi connectivity index (χ0n) is 14.9. The van der Waals surface area contributed by atoms with Gasteiger partial charge in [-0.2, -0.15) is 16.1 Å². The Morgan fingerprint density at radius 2 is 2.04 bits per heavy atom. The van der Waals surface area contributed by atoms with E-state index < -0.39 is 10.0 Å². The molecule has 1 aromatic rings. The number of benzene rings is 1. The van der Waals surface area contributed by atoms with Crippen LogP contribution in [0.15, 0.2) is 24.3 Å². The van der Waals surface area contributed by atoms with E-state index >= 15 is 0 Å². The molecule has 7 heteroatoms. The van der Waals surface area contributed by atoms with E-state index in [0.717, 1.165) is 61.9 Å². The summed E-state index contributed by atoms with van der Waals surface area (Å²) in [5.41, 5.74) is 1.98. The maximum atomic E-state index is 13.1. The Labute approximate surface area is 155 Å². The second-order valence-electron chi connectivity index (χ2n) is 6.85. The summed E-state index contributed by atoms with van der Waals surface area (Å²) in [4.78, 5) is 2.34. The molecule has 3 rings (SSSR count). The lowest BCUT2D eigenvalue weighted by atomic mass is 10.2. The Balaban J connectivity index is 1.74. The number of thioether (sulfide) groups is 1. The van der Waals surface area contributed by atoms with E-state index in [-0.39, 0.29) is 11.8 Å². The van der Waals surface area contributed by atoms with Crippen molar-refractivity contribution in [2.24, 2.45) is 0 Å². The molecule has 0 aliphatic carbocycles. The van der Waals surface area contributed by atoms with Gasteiger partial charge in [-0.25, -0.2) is 8.42 Å². The van der Waals surface area contributed by atoms with Gasteiger partial charge in [0.05, 0.1) is 19.0 Å². The monoisotopic (exact) mass is 384 g/mol. The van der Waals surface area contributed by atoms with E-state index in [0.29, 0.717) is 6.54 Å². The van der Waals surface area contributed by atoms with Crippen LogP contribution < -0.4 is 0 Å². The van der Waals surface area contributed by atoms with E-state index in [9.17, 15) is 8.42 Å². The summed E-state index contributed by atoms with van der Waals surface area (Å²) in [5.74, 6) is 2.01. The lowest BCUT2D eigenvalue weighted by Gasteiger charge is -2.35. The third-order valence-corrected chi connectivity index (χ3v) is 7.84. The van der Waals surface area contributed by atoms with Gasteiger partial charge in [0, 0.05) is 38.0 Å². The molecule has 2 aliphatic rings. The predicted molar refractivity (Wildman–Crippen MR) is 103 cm³/mol. The number of hydrogen-bond donors (Lipinski definition) is 0. The van der Waals surface area contributed by atoms with Crippen molar-refractivity contribution in [3.05, 3.63) is 35.4 Å². The van der Waals surface area contributed by atoms with Gasteiger partial charge in [0.15, 0.2) is 0 Å². The molecule has 5 nitrogen and oxygen atoms in total. The Bertz CT molecular complexity index is 660. The van der Waals surface area contributed by atoms with Gasteiger partial charge in [0.1, 0.15) is 0 Å². The van der Waals surface area contributed by atoms with Crippen molar-refractivity contribution in [2.45, 2.75) is 25.1 Å². The smallest absolute Gasteiger partial charge is 0.218 e. The topological polar surface area (TPSA) is 49.9 Å². The fourth-order valence-electron chi connectivity index (χ4n) is 3.49. The molecular weight excluding hydrogens is 356 g/mol. The standard InChI is InChI=1S/C18H28N2O3S2/c1-16-4-2-5-17(12-16)15-25(21,22)20-6-3-11-24-14-18(20)13-19-7-9-23-10-8-19/h2,4-5,12,18H,3,6-11,13-15H2,1H3/t18-/m0/s1. The van der Waals surface area contributed by atoms with Gasteiger partial charge < -0.3 is 4.74 Å². The largest absolute Gasteiger partial charge is 0.379 e. The SMILES string of the molecule is Cc1cccc(CS(=O)(=O)N2CCCSC[C@@H]2CN2CCOCC2)c1. The van der Waals surface area contributed by atoms with E-state index in [1.54, 1.807) is 4.31 Å². The maximum absolute atomic E-state index is 13.1. The minimum atomic E-state index is -3.31. The van der Waals surface area contributed by atoms with Gasteiger partial charge in [0.25, 0.3) is 0 Å². The number of aryl methyl sites for hydroxylation is 1. The molecule has 0 aromatic heterocycles. The molecule has 2 aliphatic heterocycles. The molecule has 2 saturated heterocycles. The van der Waals surface area contributed by atoms with Crippen LogP contribution in [-0.2, 0) is 20.5 Å². The van der Waals surface area contributed by atoms with E-state index in [2.05, 4.69) is 4.90 Å². The molecule has 2 heterocycles. The van der Waals surface area contributed by atoms with Gasteiger partial charge in [-0.3, -0.25) is 4.90 Å². The quantitative estimate of drug-likeness (QED) is 0.777. The summed E-state index contributed by atoms with van der Waals surface area (Å²) in [6.45, 7) is 6.73. The first-order valence-corrected chi connectivity index (χ1v) is 11.7. The molecule has 25 heavy (non-hydrogen) atoms. The molecule has 140 valence electrons. The molecule has 0 unspecified atom stereocenters. The van der Waals surface area contributed by atoms with Crippen molar-refractivity contribution in [3.8, 4) is 0 Å². The van der Waals surface area contributed by atoms with Crippen molar-refractivity contribution in [2.75, 3.05) is 50.9 Å². The number of hydrogen-bond acceptors (Lipinski definition) is 5. The molecule has 1 atom stereocenters. The Morgan fingerprint density at radius 3 is 2.80 bits per heavy atom. The summed E-state index contributed by atoms with van der Waals surface area (Å²) >= 11 is 1.88. The lowest BCUT2D eigenvalue weighted by Crippen LogP contribution is -2.50. The third kappa shape index (κ3) is 5.44. The van der Waals surface area contributed by atoms with Gasteiger partial charge >= 0.3 is 0 Å². The fraction of sp³-hybridized carbons (Fsp3) is 0.667. The minimum Gasteiger partial charge on any atom is -0.379 e. The van der Waals surface area contributed by atoms with Gasteiger partial charge in [0.2, 0.25) is 10.0 Å². The summed E-state index contributed by atoms with van der Waals surface area (Å²) in [7, 11) is -3.31. The lowest BCUT2D eigenvalue weighted by molar-refractivity contribution is 0.0309. The average Bonchev–Trinajstić information content (AvgIpc) is 2.81. The molecule has 1 aromatic carbocycles. The molecule has 0 saturated carbocycles. The number of ether oxygens (including phenoxy) is 1. The third-order valence-electron chi connectivity index (χ3n) is 4.75. The van der Waals surface area contributed by atoms with Crippen LogP contribution in [0.25, 0.3) is 0 Å². The van der Waals surface area contributed by atoms with Crippen LogP contribution >= 0.6 is 11.8 Å². The first-order chi connectivity index (χ1) is 12.0. The van der Waals surface area contributed by atoms with Crippen molar-refractivity contribution in [1.82, 2.24) is 9.21 Å².